The molecule has 2 N–H and O–H groups in total. The predicted molar refractivity (Wildman–Crippen MR) is 80.4 cm³/mol. The van der Waals surface area contributed by atoms with Gasteiger partial charge < -0.3 is 10.4 Å². The number of aliphatic carboxylic acids is 1. The Kier molecular flexibility index (Phi) is 5.00. The lowest BCUT2D eigenvalue weighted by molar-refractivity contribution is -0.137. The van der Waals surface area contributed by atoms with Gasteiger partial charge in [0.15, 0.2) is 0 Å². The van der Waals surface area contributed by atoms with Crippen molar-refractivity contribution >= 4 is 11.9 Å². The number of halogens is 1. The first-order chi connectivity index (χ1) is 10.9. The molecule has 7 heteroatoms. The summed E-state index contributed by atoms with van der Waals surface area (Å²) in [6, 6.07) is 4.55. The Morgan fingerprint density at radius 2 is 1.91 bits per heavy atom. The molecule has 1 heterocycles. The molecule has 2 rings (SSSR count). The van der Waals surface area contributed by atoms with Crippen LogP contribution >= 0.6 is 0 Å². The monoisotopic (exact) mass is 317 g/mol. The van der Waals surface area contributed by atoms with E-state index in [9.17, 15) is 14.0 Å². The molecule has 23 heavy (non-hydrogen) atoms. The minimum Gasteiger partial charge on any atom is -0.481 e. The fourth-order valence-electron chi connectivity index (χ4n) is 2.16. The van der Waals surface area contributed by atoms with Gasteiger partial charge in [-0.05, 0) is 31.5 Å². The molecule has 0 aliphatic carbocycles. The van der Waals surface area contributed by atoms with Crippen molar-refractivity contribution in [1.82, 2.24) is 15.3 Å². The van der Waals surface area contributed by atoms with E-state index in [1.54, 1.807) is 13.8 Å². The minimum atomic E-state index is -1.07. The highest BCUT2D eigenvalue weighted by atomic mass is 19.1. The lowest BCUT2D eigenvalue weighted by atomic mass is 10.0. The van der Waals surface area contributed by atoms with Crippen molar-refractivity contribution in [1.29, 1.82) is 0 Å². The van der Waals surface area contributed by atoms with Crippen molar-refractivity contribution in [2.75, 3.05) is 0 Å². The van der Waals surface area contributed by atoms with E-state index in [0.717, 1.165) is 0 Å². The van der Waals surface area contributed by atoms with Gasteiger partial charge in [0.25, 0.3) is 5.91 Å². The summed E-state index contributed by atoms with van der Waals surface area (Å²) >= 11 is 0. The Bertz CT molecular complexity index is 732. The molecule has 0 aliphatic heterocycles. The molecule has 0 saturated carbocycles. The number of hydrogen-bond donors (Lipinski definition) is 2. The van der Waals surface area contributed by atoms with Crippen LogP contribution in [-0.2, 0) is 4.79 Å². The molecule has 0 radical (unpaired) electrons. The zero-order valence-electron chi connectivity index (χ0n) is 12.7. The fraction of sp³-hybridized carbons (Fsp3) is 0.250. The maximum Gasteiger partial charge on any atom is 0.305 e. The third-order valence-corrected chi connectivity index (χ3v) is 3.30. The number of nitrogens with one attached hydrogen (secondary N) is 1. The number of benzene rings is 1. The van der Waals surface area contributed by atoms with Crippen molar-refractivity contribution in [3.8, 4) is 0 Å². The first-order valence-corrected chi connectivity index (χ1v) is 6.95. The molecule has 1 aromatic heterocycles. The summed E-state index contributed by atoms with van der Waals surface area (Å²) in [6.45, 7) is 3.38. The van der Waals surface area contributed by atoms with Crippen molar-refractivity contribution in [3.05, 3.63) is 58.9 Å². The smallest absolute Gasteiger partial charge is 0.305 e. The average molecular weight is 317 g/mol. The highest BCUT2D eigenvalue weighted by molar-refractivity contribution is 5.95. The number of carbonyl (C=O) groups excluding carboxylic acids is 1. The average Bonchev–Trinajstić information content (AvgIpc) is 2.46. The predicted octanol–water partition coefficient (Wildman–Crippen LogP) is 2.18. The van der Waals surface area contributed by atoms with Crippen LogP contribution in [0.15, 0.2) is 30.5 Å². The molecule has 0 fully saturated rings. The van der Waals surface area contributed by atoms with Crippen LogP contribution in [0.2, 0.25) is 0 Å². The first kappa shape index (κ1) is 16.5. The van der Waals surface area contributed by atoms with Gasteiger partial charge in [-0.3, -0.25) is 9.59 Å². The van der Waals surface area contributed by atoms with Gasteiger partial charge in [0.05, 0.1) is 23.7 Å². The van der Waals surface area contributed by atoms with Gasteiger partial charge in [-0.25, -0.2) is 14.4 Å². The maximum atomic E-state index is 13.0. The number of aromatic nitrogens is 2. The maximum absolute atomic E-state index is 13.0. The fourth-order valence-corrected chi connectivity index (χ4v) is 2.16. The number of nitrogens with zero attached hydrogens (tertiary/aromatic N) is 2. The summed E-state index contributed by atoms with van der Waals surface area (Å²) in [5.74, 6) is -1.44. The van der Waals surface area contributed by atoms with Crippen LogP contribution in [-0.4, -0.2) is 27.0 Å². The van der Waals surface area contributed by atoms with Crippen molar-refractivity contribution in [3.63, 3.8) is 0 Å². The Morgan fingerprint density at radius 3 is 2.48 bits per heavy atom. The van der Waals surface area contributed by atoms with Gasteiger partial charge >= 0.3 is 5.97 Å². The van der Waals surface area contributed by atoms with Crippen molar-refractivity contribution < 1.29 is 19.1 Å². The summed E-state index contributed by atoms with van der Waals surface area (Å²) in [7, 11) is 0. The zero-order chi connectivity index (χ0) is 17.0. The molecule has 1 atom stereocenters. The number of carboxylic acids is 1. The van der Waals surface area contributed by atoms with Gasteiger partial charge in [0.1, 0.15) is 11.6 Å². The molecule has 1 unspecified atom stereocenters. The van der Waals surface area contributed by atoms with Crippen LogP contribution in [0.5, 0.6) is 0 Å². The second kappa shape index (κ2) is 6.95. The van der Waals surface area contributed by atoms with Gasteiger partial charge in [-0.2, -0.15) is 0 Å². The molecule has 0 bridgehead atoms. The lowest BCUT2D eigenvalue weighted by Gasteiger charge is -2.18. The number of amides is 1. The van der Waals surface area contributed by atoms with Crippen LogP contribution in [0.3, 0.4) is 0 Å². The molecule has 1 aromatic carbocycles. The number of aryl methyl sites for hydroxylation is 2. The summed E-state index contributed by atoms with van der Waals surface area (Å²) in [6.07, 6.45) is 1.08. The van der Waals surface area contributed by atoms with Gasteiger partial charge in [-0.1, -0.05) is 12.1 Å². The molecule has 0 saturated heterocycles. The summed E-state index contributed by atoms with van der Waals surface area (Å²) in [4.78, 5) is 31.5. The van der Waals surface area contributed by atoms with E-state index >= 15 is 0 Å². The molecular weight excluding hydrogens is 301 g/mol. The Balaban J connectivity index is 2.24. The van der Waals surface area contributed by atoms with E-state index < -0.39 is 23.7 Å². The van der Waals surface area contributed by atoms with Crippen LogP contribution < -0.4 is 5.32 Å². The quantitative estimate of drug-likeness (QED) is 0.882. The largest absolute Gasteiger partial charge is 0.481 e. The second-order valence-electron chi connectivity index (χ2n) is 5.09. The highest BCUT2D eigenvalue weighted by Gasteiger charge is 2.20. The number of hydrogen-bond acceptors (Lipinski definition) is 4. The molecule has 120 valence electrons. The second-order valence-corrected chi connectivity index (χ2v) is 5.09. The molecular formula is C16H16FN3O3. The van der Waals surface area contributed by atoms with E-state index in [2.05, 4.69) is 15.3 Å². The first-order valence-electron chi connectivity index (χ1n) is 6.95. The Labute approximate surface area is 132 Å². The summed E-state index contributed by atoms with van der Waals surface area (Å²) in [5.41, 5.74) is 1.28. The number of rotatable bonds is 5. The van der Waals surface area contributed by atoms with Crippen LogP contribution in [0, 0.1) is 19.7 Å². The third kappa shape index (κ3) is 4.32. The standard InChI is InChI=1S/C16H16FN3O3/c1-9-13(8-18-10(2)19-9)16(23)20-14(7-15(21)22)11-3-5-12(17)6-4-11/h3-6,8,14H,7H2,1-2H3,(H,20,23)(H,21,22). The summed E-state index contributed by atoms with van der Waals surface area (Å²) < 4.78 is 13.0. The topological polar surface area (TPSA) is 92.2 Å². The van der Waals surface area contributed by atoms with E-state index in [0.29, 0.717) is 17.1 Å². The van der Waals surface area contributed by atoms with Crippen molar-refractivity contribution in [2.45, 2.75) is 26.3 Å². The summed E-state index contributed by atoms with van der Waals surface area (Å²) in [5, 5.41) is 11.7. The molecule has 1 amide bonds. The van der Waals surface area contributed by atoms with E-state index in [1.807, 2.05) is 0 Å². The Hall–Kier alpha value is -2.83. The van der Waals surface area contributed by atoms with E-state index in [-0.39, 0.29) is 12.0 Å². The number of carboxylic acid groups (broad SMARTS) is 1. The van der Waals surface area contributed by atoms with Crippen LogP contribution in [0.25, 0.3) is 0 Å². The van der Waals surface area contributed by atoms with Gasteiger partial charge in [0, 0.05) is 6.20 Å². The molecule has 2 aromatic rings. The van der Waals surface area contributed by atoms with Crippen molar-refractivity contribution in [2.24, 2.45) is 0 Å². The van der Waals surface area contributed by atoms with E-state index in [1.165, 1.54) is 30.5 Å². The van der Waals surface area contributed by atoms with Crippen LogP contribution in [0.4, 0.5) is 4.39 Å². The number of carbonyl (C=O) groups is 2. The molecule has 0 spiro atoms. The third-order valence-electron chi connectivity index (χ3n) is 3.30. The minimum absolute atomic E-state index is 0.271. The SMILES string of the molecule is Cc1ncc(C(=O)NC(CC(=O)O)c2ccc(F)cc2)c(C)n1. The molecule has 6 nitrogen and oxygen atoms in total. The Morgan fingerprint density at radius 1 is 1.26 bits per heavy atom. The highest BCUT2D eigenvalue weighted by Crippen LogP contribution is 2.18. The van der Waals surface area contributed by atoms with Gasteiger partial charge in [0.2, 0.25) is 0 Å². The van der Waals surface area contributed by atoms with E-state index in [4.69, 9.17) is 5.11 Å². The van der Waals surface area contributed by atoms with Gasteiger partial charge in [-0.15, -0.1) is 0 Å². The normalized spacial score (nSPS) is 11.8. The lowest BCUT2D eigenvalue weighted by Crippen LogP contribution is -2.31. The zero-order valence-corrected chi connectivity index (χ0v) is 12.7. The molecule has 0 aliphatic rings. The van der Waals surface area contributed by atoms with Crippen LogP contribution in [0.1, 0.15) is 39.9 Å².